The Morgan fingerprint density at radius 1 is 1.64 bits per heavy atom. The molecule has 76 valence electrons. The van der Waals surface area contributed by atoms with Gasteiger partial charge in [-0.1, -0.05) is 12.1 Å². The predicted molar refractivity (Wildman–Crippen MR) is 49.2 cm³/mol. The lowest BCUT2D eigenvalue weighted by Gasteiger charge is -2.04. The molecule has 1 aromatic rings. The van der Waals surface area contributed by atoms with Crippen LogP contribution in [-0.2, 0) is 11.2 Å². The summed E-state index contributed by atoms with van der Waals surface area (Å²) in [5.41, 5.74) is 0.440. The Hall–Kier alpha value is -1.58. The maximum absolute atomic E-state index is 13.1. The van der Waals surface area contributed by atoms with Crippen molar-refractivity contribution in [2.24, 2.45) is 0 Å². The molecule has 0 saturated carbocycles. The molecule has 1 aromatic carbocycles. The SMILES string of the molecule is [2H][C@@](F)(Cc1ccc(OC)cc1)C(=O)O. The summed E-state index contributed by atoms with van der Waals surface area (Å²) in [5.74, 6) is -1.18. The van der Waals surface area contributed by atoms with Crippen LogP contribution in [0.1, 0.15) is 6.93 Å². The average Bonchev–Trinajstić information content (AvgIpc) is 2.18. The number of halogens is 1. The van der Waals surface area contributed by atoms with E-state index in [1.807, 2.05) is 0 Å². The second kappa shape index (κ2) is 4.60. The number of carboxylic acid groups (broad SMARTS) is 1. The van der Waals surface area contributed by atoms with Gasteiger partial charge in [-0.2, -0.15) is 0 Å². The topological polar surface area (TPSA) is 46.5 Å². The Bertz CT molecular complexity index is 348. The van der Waals surface area contributed by atoms with Crippen LogP contribution in [0.5, 0.6) is 5.75 Å². The van der Waals surface area contributed by atoms with Crippen molar-refractivity contribution in [2.45, 2.75) is 12.6 Å². The van der Waals surface area contributed by atoms with Gasteiger partial charge in [0.25, 0.3) is 0 Å². The molecule has 4 heteroatoms. The highest BCUT2D eigenvalue weighted by Gasteiger charge is 2.15. The number of ether oxygens (including phenoxy) is 1. The zero-order valence-electron chi connectivity index (χ0n) is 8.66. The first-order valence-electron chi connectivity index (χ1n) is 4.51. The zero-order chi connectivity index (χ0) is 11.5. The largest absolute Gasteiger partial charge is 0.497 e. The van der Waals surface area contributed by atoms with Gasteiger partial charge < -0.3 is 9.84 Å². The summed E-state index contributed by atoms with van der Waals surface area (Å²) in [6, 6.07) is 6.25. The van der Waals surface area contributed by atoms with Crippen LogP contribution in [0.3, 0.4) is 0 Å². The fourth-order valence-electron chi connectivity index (χ4n) is 0.998. The summed E-state index contributed by atoms with van der Waals surface area (Å²) in [6.07, 6.45) is -3.46. The third-order valence-corrected chi connectivity index (χ3v) is 1.75. The number of rotatable bonds is 4. The predicted octanol–water partition coefficient (Wildman–Crippen LogP) is 1.66. The van der Waals surface area contributed by atoms with Crippen molar-refractivity contribution in [2.75, 3.05) is 7.11 Å². The van der Waals surface area contributed by atoms with E-state index in [0.717, 1.165) is 0 Å². The van der Waals surface area contributed by atoms with Gasteiger partial charge in [-0.3, -0.25) is 0 Å². The molecule has 0 aliphatic rings. The highest BCUT2D eigenvalue weighted by atomic mass is 19.1. The van der Waals surface area contributed by atoms with Crippen LogP contribution < -0.4 is 4.74 Å². The number of aliphatic carboxylic acids is 1. The maximum Gasteiger partial charge on any atom is 0.338 e. The third-order valence-electron chi connectivity index (χ3n) is 1.75. The minimum absolute atomic E-state index is 0.440. The number of carbonyl (C=O) groups is 1. The Labute approximate surface area is 82.5 Å². The van der Waals surface area contributed by atoms with Gasteiger partial charge in [-0.15, -0.1) is 0 Å². The summed E-state index contributed by atoms with van der Waals surface area (Å²) in [6.45, 7) is 0. The molecule has 1 atom stereocenters. The van der Waals surface area contributed by atoms with E-state index >= 15 is 0 Å². The second-order valence-electron chi connectivity index (χ2n) is 2.73. The summed E-state index contributed by atoms with van der Waals surface area (Å²) < 4.78 is 24.9. The molecule has 1 rings (SSSR count). The van der Waals surface area contributed by atoms with Crippen LogP contribution in [0.4, 0.5) is 4.39 Å². The van der Waals surface area contributed by atoms with Gasteiger partial charge in [-0.25, -0.2) is 9.18 Å². The Morgan fingerprint density at radius 2 is 2.21 bits per heavy atom. The zero-order valence-corrected chi connectivity index (χ0v) is 7.66. The number of hydrogen-bond donors (Lipinski definition) is 1. The van der Waals surface area contributed by atoms with Crippen LogP contribution >= 0.6 is 0 Å². The lowest BCUT2D eigenvalue weighted by atomic mass is 10.1. The molecule has 0 saturated heterocycles. The van der Waals surface area contributed by atoms with E-state index < -0.39 is 18.5 Å². The highest BCUT2D eigenvalue weighted by Crippen LogP contribution is 2.13. The van der Waals surface area contributed by atoms with Crippen LogP contribution in [0.2, 0.25) is 0 Å². The Kier molecular flexibility index (Phi) is 2.95. The van der Waals surface area contributed by atoms with Gasteiger partial charge in [0.05, 0.1) is 8.48 Å². The van der Waals surface area contributed by atoms with Crippen LogP contribution in [-0.4, -0.2) is 24.3 Å². The Morgan fingerprint density at radius 3 is 2.64 bits per heavy atom. The van der Waals surface area contributed by atoms with E-state index in [9.17, 15) is 9.18 Å². The van der Waals surface area contributed by atoms with Crippen molar-refractivity contribution < 1.29 is 20.4 Å². The summed E-state index contributed by atoms with van der Waals surface area (Å²) >= 11 is 0. The van der Waals surface area contributed by atoms with Crippen LogP contribution in [0.25, 0.3) is 0 Å². The fraction of sp³-hybridized carbons (Fsp3) is 0.300. The molecule has 0 aliphatic carbocycles. The molecule has 1 N–H and O–H groups in total. The standard InChI is InChI=1S/C10H11FO3/c1-14-8-4-2-7(3-5-8)6-9(11)10(12)13/h2-5,9H,6H2,1H3,(H,12,13)/t9-/m1/s1/i9D. The summed E-state index contributed by atoms with van der Waals surface area (Å²) in [5, 5.41) is 8.42. The lowest BCUT2D eigenvalue weighted by Crippen LogP contribution is -2.16. The first-order valence-corrected chi connectivity index (χ1v) is 4.01. The molecule has 0 amide bonds. The lowest BCUT2D eigenvalue weighted by molar-refractivity contribution is -0.142. The molecule has 0 fully saturated rings. The average molecular weight is 199 g/mol. The van der Waals surface area contributed by atoms with Gasteiger partial charge in [0.1, 0.15) is 5.75 Å². The molecule has 0 spiro atoms. The highest BCUT2D eigenvalue weighted by molar-refractivity contribution is 5.72. The van der Waals surface area contributed by atoms with Crippen LogP contribution in [0, 0.1) is 0 Å². The molecule has 0 aliphatic heterocycles. The maximum atomic E-state index is 13.1. The normalized spacial score (nSPS) is 15.4. The minimum atomic E-state index is -2.98. The van der Waals surface area contributed by atoms with Gasteiger partial charge in [-0.05, 0) is 17.7 Å². The number of alkyl halides is 1. The molecule has 0 heterocycles. The van der Waals surface area contributed by atoms with Crippen molar-refractivity contribution in [3.8, 4) is 5.75 Å². The van der Waals surface area contributed by atoms with Gasteiger partial charge in [0.2, 0.25) is 6.15 Å². The van der Waals surface area contributed by atoms with Crippen LogP contribution in [0.15, 0.2) is 24.3 Å². The molecule has 0 bridgehead atoms. The van der Waals surface area contributed by atoms with Crippen molar-refractivity contribution in [3.05, 3.63) is 29.8 Å². The van der Waals surface area contributed by atoms with Gasteiger partial charge >= 0.3 is 5.97 Å². The number of carboxylic acids is 1. The van der Waals surface area contributed by atoms with Gasteiger partial charge in [0.15, 0.2) is 0 Å². The fourth-order valence-corrected chi connectivity index (χ4v) is 0.998. The molecule has 14 heavy (non-hydrogen) atoms. The summed E-state index contributed by atoms with van der Waals surface area (Å²) in [4.78, 5) is 10.4. The number of methoxy groups -OCH3 is 1. The summed E-state index contributed by atoms with van der Waals surface area (Å²) in [7, 11) is 1.50. The molecule has 0 unspecified atom stereocenters. The number of benzene rings is 1. The first-order chi connectivity index (χ1) is 6.95. The smallest absolute Gasteiger partial charge is 0.338 e. The van der Waals surface area contributed by atoms with Crippen molar-refractivity contribution in [1.29, 1.82) is 0 Å². The van der Waals surface area contributed by atoms with E-state index in [-0.39, 0.29) is 0 Å². The first kappa shape index (κ1) is 8.99. The molecule has 3 nitrogen and oxygen atoms in total. The molecule has 0 aromatic heterocycles. The van der Waals surface area contributed by atoms with Crippen molar-refractivity contribution in [1.82, 2.24) is 0 Å². The quantitative estimate of drug-likeness (QED) is 0.802. The second-order valence-corrected chi connectivity index (χ2v) is 2.73. The Balaban J connectivity index is 2.77. The van der Waals surface area contributed by atoms with E-state index in [1.165, 1.54) is 19.2 Å². The van der Waals surface area contributed by atoms with E-state index in [1.54, 1.807) is 12.1 Å². The number of hydrogen-bond acceptors (Lipinski definition) is 2. The molecular weight excluding hydrogens is 187 g/mol. The van der Waals surface area contributed by atoms with Crippen molar-refractivity contribution in [3.63, 3.8) is 0 Å². The molecule has 0 radical (unpaired) electrons. The monoisotopic (exact) mass is 199 g/mol. The molecular formula is C10H11FO3. The van der Waals surface area contributed by atoms with E-state index in [2.05, 4.69) is 0 Å². The van der Waals surface area contributed by atoms with E-state index in [4.69, 9.17) is 11.2 Å². The van der Waals surface area contributed by atoms with E-state index in [0.29, 0.717) is 11.3 Å². The minimum Gasteiger partial charge on any atom is -0.497 e. The third kappa shape index (κ3) is 2.73. The van der Waals surface area contributed by atoms with Gasteiger partial charge in [0, 0.05) is 6.42 Å². The van der Waals surface area contributed by atoms with Crippen molar-refractivity contribution >= 4 is 5.97 Å².